The van der Waals surface area contributed by atoms with Crippen molar-refractivity contribution in [3.8, 4) is 0 Å². The number of ether oxygens (including phenoxy) is 1. The molecule has 0 saturated heterocycles. The van der Waals surface area contributed by atoms with Crippen LogP contribution in [-0.2, 0) is 16.1 Å². The Balaban J connectivity index is 2.21. The van der Waals surface area contributed by atoms with Gasteiger partial charge in [0.25, 0.3) is 5.91 Å². The molecule has 1 aromatic carbocycles. The second-order valence-electron chi connectivity index (χ2n) is 5.28. The van der Waals surface area contributed by atoms with E-state index in [2.05, 4.69) is 17.3 Å². The van der Waals surface area contributed by atoms with E-state index in [9.17, 15) is 4.79 Å². The van der Waals surface area contributed by atoms with Crippen molar-refractivity contribution in [1.29, 1.82) is 0 Å². The van der Waals surface area contributed by atoms with Crippen LogP contribution in [0.4, 0.5) is 5.69 Å². The fraction of sp³-hybridized carbons (Fsp3) is 0.412. The SMILES string of the molecule is CCCn1nc(C)c(NC(=O)[C@H](OC)c2ccccc2)c1C. The molecule has 5 heteroatoms. The van der Waals surface area contributed by atoms with Gasteiger partial charge in [-0.2, -0.15) is 5.10 Å². The number of carbonyl (C=O) groups is 1. The van der Waals surface area contributed by atoms with Crippen molar-refractivity contribution in [2.75, 3.05) is 12.4 Å². The van der Waals surface area contributed by atoms with Crippen LogP contribution in [0.25, 0.3) is 0 Å². The summed E-state index contributed by atoms with van der Waals surface area (Å²) < 4.78 is 7.29. The Morgan fingerprint density at radius 2 is 2.00 bits per heavy atom. The molecule has 22 heavy (non-hydrogen) atoms. The Labute approximate surface area is 131 Å². The minimum absolute atomic E-state index is 0.184. The summed E-state index contributed by atoms with van der Waals surface area (Å²) in [5, 5.41) is 7.43. The molecule has 0 radical (unpaired) electrons. The molecule has 1 N–H and O–H groups in total. The topological polar surface area (TPSA) is 56.2 Å². The number of hydrogen-bond donors (Lipinski definition) is 1. The van der Waals surface area contributed by atoms with E-state index in [-0.39, 0.29) is 5.91 Å². The quantitative estimate of drug-likeness (QED) is 0.891. The summed E-state index contributed by atoms with van der Waals surface area (Å²) in [4.78, 5) is 12.5. The van der Waals surface area contributed by atoms with Gasteiger partial charge < -0.3 is 10.1 Å². The lowest BCUT2D eigenvalue weighted by molar-refractivity contribution is -0.126. The lowest BCUT2D eigenvalue weighted by atomic mass is 10.1. The highest BCUT2D eigenvalue weighted by atomic mass is 16.5. The Kier molecular flexibility index (Phi) is 5.33. The van der Waals surface area contributed by atoms with Crippen LogP contribution < -0.4 is 5.32 Å². The van der Waals surface area contributed by atoms with Gasteiger partial charge in [0.1, 0.15) is 0 Å². The number of nitrogens with one attached hydrogen (secondary N) is 1. The van der Waals surface area contributed by atoms with Crippen LogP contribution in [0.3, 0.4) is 0 Å². The van der Waals surface area contributed by atoms with Crippen LogP contribution in [0, 0.1) is 13.8 Å². The van der Waals surface area contributed by atoms with Crippen molar-refractivity contribution in [1.82, 2.24) is 9.78 Å². The lowest BCUT2D eigenvalue weighted by Gasteiger charge is -2.16. The van der Waals surface area contributed by atoms with Crippen LogP contribution in [0.15, 0.2) is 30.3 Å². The molecule has 1 amide bonds. The second kappa shape index (κ2) is 7.22. The normalized spacial score (nSPS) is 12.2. The third-order valence-corrected chi connectivity index (χ3v) is 3.64. The summed E-state index contributed by atoms with van der Waals surface area (Å²) in [6.07, 6.45) is 0.370. The maximum atomic E-state index is 12.5. The minimum atomic E-state index is -0.630. The molecular formula is C17H23N3O2. The average molecular weight is 301 g/mol. The Hall–Kier alpha value is -2.14. The molecule has 2 rings (SSSR count). The number of carbonyl (C=O) groups excluding carboxylic acids is 1. The number of anilines is 1. The first-order chi connectivity index (χ1) is 10.6. The van der Waals surface area contributed by atoms with E-state index in [1.54, 1.807) is 0 Å². The Bertz CT molecular complexity index is 635. The molecule has 0 aliphatic heterocycles. The zero-order chi connectivity index (χ0) is 16.1. The zero-order valence-electron chi connectivity index (χ0n) is 13.6. The van der Waals surface area contributed by atoms with Crippen LogP contribution in [0.1, 0.15) is 36.4 Å². The molecule has 0 unspecified atom stereocenters. The largest absolute Gasteiger partial charge is 0.367 e. The number of nitrogens with zero attached hydrogens (tertiary/aromatic N) is 2. The molecule has 1 aromatic heterocycles. The highest BCUT2D eigenvalue weighted by Crippen LogP contribution is 2.23. The minimum Gasteiger partial charge on any atom is -0.367 e. The van der Waals surface area contributed by atoms with Gasteiger partial charge >= 0.3 is 0 Å². The van der Waals surface area contributed by atoms with Gasteiger partial charge in [-0.3, -0.25) is 9.48 Å². The molecule has 118 valence electrons. The number of aromatic nitrogens is 2. The fourth-order valence-corrected chi connectivity index (χ4v) is 2.52. The van der Waals surface area contributed by atoms with Crippen LogP contribution in [0.5, 0.6) is 0 Å². The summed E-state index contributed by atoms with van der Waals surface area (Å²) in [6.45, 7) is 6.81. The first-order valence-electron chi connectivity index (χ1n) is 7.51. The van der Waals surface area contributed by atoms with Crippen molar-refractivity contribution in [2.24, 2.45) is 0 Å². The molecule has 0 bridgehead atoms. The third kappa shape index (κ3) is 3.36. The number of hydrogen-bond acceptors (Lipinski definition) is 3. The molecule has 5 nitrogen and oxygen atoms in total. The van der Waals surface area contributed by atoms with Gasteiger partial charge in [-0.05, 0) is 25.8 Å². The maximum absolute atomic E-state index is 12.5. The maximum Gasteiger partial charge on any atom is 0.258 e. The van der Waals surface area contributed by atoms with Gasteiger partial charge in [0.05, 0.1) is 17.1 Å². The van der Waals surface area contributed by atoms with Gasteiger partial charge in [0.15, 0.2) is 6.10 Å². The first-order valence-corrected chi connectivity index (χ1v) is 7.51. The summed E-state index contributed by atoms with van der Waals surface area (Å²) in [6, 6.07) is 9.47. The Morgan fingerprint density at radius 1 is 1.32 bits per heavy atom. The zero-order valence-corrected chi connectivity index (χ0v) is 13.6. The molecule has 0 aliphatic carbocycles. The number of aryl methyl sites for hydroxylation is 2. The van der Waals surface area contributed by atoms with E-state index in [0.717, 1.165) is 35.6 Å². The van der Waals surface area contributed by atoms with E-state index in [1.165, 1.54) is 7.11 Å². The van der Waals surface area contributed by atoms with Crippen LogP contribution >= 0.6 is 0 Å². The van der Waals surface area contributed by atoms with E-state index in [4.69, 9.17) is 4.74 Å². The molecule has 0 aliphatic rings. The molecule has 0 fully saturated rings. The van der Waals surface area contributed by atoms with Gasteiger partial charge in [-0.25, -0.2) is 0 Å². The number of rotatable bonds is 6. The molecule has 1 atom stereocenters. The molecule has 1 heterocycles. The lowest BCUT2D eigenvalue weighted by Crippen LogP contribution is -2.23. The van der Waals surface area contributed by atoms with Crippen molar-refractivity contribution in [3.05, 3.63) is 47.3 Å². The highest BCUT2D eigenvalue weighted by molar-refractivity contribution is 5.95. The second-order valence-corrected chi connectivity index (χ2v) is 5.28. The van der Waals surface area contributed by atoms with E-state index in [1.807, 2.05) is 48.9 Å². The summed E-state index contributed by atoms with van der Waals surface area (Å²) in [7, 11) is 1.54. The summed E-state index contributed by atoms with van der Waals surface area (Å²) in [5.41, 5.74) is 3.40. The van der Waals surface area contributed by atoms with Gasteiger partial charge in [0.2, 0.25) is 0 Å². The molecule has 0 spiro atoms. The van der Waals surface area contributed by atoms with Crippen LogP contribution in [0.2, 0.25) is 0 Å². The molecule has 2 aromatic rings. The van der Waals surface area contributed by atoms with Gasteiger partial charge in [0, 0.05) is 13.7 Å². The standard InChI is InChI=1S/C17H23N3O2/c1-5-11-20-13(3)15(12(2)19-20)18-17(21)16(22-4)14-9-7-6-8-10-14/h6-10,16H,5,11H2,1-4H3,(H,18,21)/t16-/m1/s1. The molecule has 0 saturated carbocycles. The van der Waals surface area contributed by atoms with Crippen LogP contribution in [-0.4, -0.2) is 22.8 Å². The van der Waals surface area contributed by atoms with Crippen molar-refractivity contribution < 1.29 is 9.53 Å². The van der Waals surface area contributed by atoms with E-state index in [0.29, 0.717) is 0 Å². The van der Waals surface area contributed by atoms with E-state index >= 15 is 0 Å². The number of methoxy groups -OCH3 is 1. The average Bonchev–Trinajstić information content (AvgIpc) is 2.77. The number of benzene rings is 1. The van der Waals surface area contributed by atoms with E-state index < -0.39 is 6.10 Å². The predicted octanol–water partition coefficient (Wildman–Crippen LogP) is 3.24. The molecular weight excluding hydrogens is 278 g/mol. The first kappa shape index (κ1) is 16.2. The highest BCUT2D eigenvalue weighted by Gasteiger charge is 2.22. The monoisotopic (exact) mass is 301 g/mol. The van der Waals surface area contributed by atoms with Crippen molar-refractivity contribution in [2.45, 2.75) is 39.8 Å². The van der Waals surface area contributed by atoms with Crippen molar-refractivity contribution >= 4 is 11.6 Å². The van der Waals surface area contributed by atoms with Gasteiger partial charge in [-0.1, -0.05) is 37.3 Å². The Morgan fingerprint density at radius 3 is 2.59 bits per heavy atom. The third-order valence-electron chi connectivity index (χ3n) is 3.64. The summed E-state index contributed by atoms with van der Waals surface area (Å²) >= 11 is 0. The van der Waals surface area contributed by atoms with Crippen molar-refractivity contribution in [3.63, 3.8) is 0 Å². The smallest absolute Gasteiger partial charge is 0.258 e. The predicted molar refractivity (Wildman–Crippen MR) is 86.8 cm³/mol. The van der Waals surface area contributed by atoms with Gasteiger partial charge in [-0.15, -0.1) is 0 Å². The fourth-order valence-electron chi connectivity index (χ4n) is 2.52. The number of amides is 1. The summed E-state index contributed by atoms with van der Waals surface area (Å²) in [5.74, 6) is -0.184.